The van der Waals surface area contributed by atoms with Crippen LogP contribution in [0.15, 0.2) is 45.9 Å². The van der Waals surface area contributed by atoms with Crippen molar-refractivity contribution in [3.05, 3.63) is 35.2 Å². The number of hydrogen-bond acceptors (Lipinski definition) is 6. The van der Waals surface area contributed by atoms with E-state index in [4.69, 9.17) is 4.84 Å². The van der Waals surface area contributed by atoms with Gasteiger partial charge in [0.15, 0.2) is 0 Å². The van der Waals surface area contributed by atoms with Crippen molar-refractivity contribution in [1.82, 2.24) is 0 Å². The summed E-state index contributed by atoms with van der Waals surface area (Å²) in [6.07, 6.45) is 0. The van der Waals surface area contributed by atoms with E-state index in [-0.39, 0.29) is 0 Å². The number of hydrogen-bond donors (Lipinski definition) is 0. The van der Waals surface area contributed by atoms with Gasteiger partial charge in [0.1, 0.15) is 17.1 Å². The number of fused-ring (bicyclic) bond motifs is 1. The maximum atomic E-state index is 11.2. The number of carbonyl (C=O) groups excluding carboxylic acids is 1. The molecule has 2 aromatic rings. The number of quaternary nitrogens is 1. The Labute approximate surface area is 113 Å². The molecule has 1 aliphatic heterocycles. The molecule has 3 rings (SSSR count). The minimum atomic E-state index is -0.433. The van der Waals surface area contributed by atoms with Gasteiger partial charge in [-0.05, 0) is 17.5 Å². The maximum Gasteiger partial charge on any atom is 0.368 e. The Morgan fingerprint density at radius 3 is 2.89 bits per heavy atom. The van der Waals surface area contributed by atoms with Crippen molar-refractivity contribution in [2.45, 2.75) is 6.92 Å². The lowest BCUT2D eigenvalue weighted by molar-refractivity contribution is -1.01. The number of benzene rings is 1. The predicted molar refractivity (Wildman–Crippen MR) is 71.2 cm³/mol. The zero-order valence-corrected chi connectivity index (χ0v) is 11.2. The highest BCUT2D eigenvalue weighted by molar-refractivity contribution is 7.20. The highest BCUT2D eigenvalue weighted by Gasteiger charge is 2.42. The molecule has 1 aromatic carbocycles. The fourth-order valence-corrected chi connectivity index (χ4v) is 3.04. The van der Waals surface area contributed by atoms with Gasteiger partial charge in [-0.1, -0.05) is 23.3 Å². The average Bonchev–Trinajstić information content (AvgIpc) is 2.90. The number of amidine groups is 1. The number of thiophene rings is 1. The Balaban J connectivity index is 2.04. The molecule has 0 aliphatic carbocycles. The molecule has 0 saturated heterocycles. The Hall–Kier alpha value is -2.12. The van der Waals surface area contributed by atoms with Crippen molar-refractivity contribution in [3.8, 4) is 0 Å². The maximum absolute atomic E-state index is 11.2. The van der Waals surface area contributed by atoms with Crippen LogP contribution in [0.1, 0.15) is 11.8 Å². The van der Waals surface area contributed by atoms with Crippen molar-refractivity contribution in [1.29, 1.82) is 0 Å². The molecule has 0 saturated carbocycles. The second kappa shape index (κ2) is 4.22. The molecule has 6 nitrogen and oxygen atoms in total. The number of hydroxylamine groups is 2. The summed E-state index contributed by atoms with van der Waals surface area (Å²) in [5, 5.41) is 12.6. The van der Waals surface area contributed by atoms with E-state index in [0.717, 1.165) is 15.0 Å². The van der Waals surface area contributed by atoms with Gasteiger partial charge < -0.3 is 0 Å². The largest absolute Gasteiger partial charge is 0.368 e. The summed E-state index contributed by atoms with van der Waals surface area (Å²) in [6, 6.07) is 10.0. The van der Waals surface area contributed by atoms with Crippen LogP contribution >= 0.6 is 11.3 Å². The molecule has 2 heterocycles. The average molecular weight is 275 g/mol. The second-order valence-corrected chi connectivity index (χ2v) is 5.30. The van der Waals surface area contributed by atoms with Crippen LogP contribution in [0, 0.1) is 0 Å². The first kappa shape index (κ1) is 11.9. The van der Waals surface area contributed by atoms with Gasteiger partial charge in [0.05, 0.1) is 4.76 Å². The van der Waals surface area contributed by atoms with E-state index < -0.39 is 10.7 Å². The molecule has 0 bridgehead atoms. The van der Waals surface area contributed by atoms with Crippen molar-refractivity contribution in [2.75, 3.05) is 7.05 Å². The molecular formula is C12H11N4O2S+. The smallest absolute Gasteiger partial charge is 0.246 e. The van der Waals surface area contributed by atoms with Gasteiger partial charge in [0, 0.05) is 16.8 Å². The normalized spacial score (nSPS) is 21.7. The highest BCUT2D eigenvalue weighted by Crippen LogP contribution is 2.30. The minimum absolute atomic E-state index is 0.401. The zero-order valence-electron chi connectivity index (χ0n) is 10.4. The Morgan fingerprint density at radius 1 is 1.37 bits per heavy atom. The summed E-state index contributed by atoms with van der Waals surface area (Å²) < 4.78 is 0.740. The summed E-state index contributed by atoms with van der Waals surface area (Å²) >= 11 is 1.57. The zero-order chi connectivity index (χ0) is 13.5. The van der Waals surface area contributed by atoms with E-state index in [0.29, 0.717) is 5.84 Å². The van der Waals surface area contributed by atoms with Crippen LogP contribution in [0.2, 0.25) is 0 Å². The fourth-order valence-electron chi connectivity index (χ4n) is 1.92. The van der Waals surface area contributed by atoms with Gasteiger partial charge in [-0.3, -0.25) is 0 Å². The molecule has 0 N–H and O–H groups in total. The van der Waals surface area contributed by atoms with Crippen molar-refractivity contribution in [2.24, 2.45) is 15.5 Å². The van der Waals surface area contributed by atoms with Gasteiger partial charge in [0.2, 0.25) is 0 Å². The third-order valence-electron chi connectivity index (χ3n) is 2.70. The first-order valence-corrected chi connectivity index (χ1v) is 6.46. The molecular weight excluding hydrogens is 264 g/mol. The lowest BCUT2D eigenvalue weighted by atomic mass is 10.2. The van der Waals surface area contributed by atoms with Crippen molar-refractivity contribution < 1.29 is 14.4 Å². The van der Waals surface area contributed by atoms with E-state index in [1.54, 1.807) is 18.4 Å². The van der Waals surface area contributed by atoms with Gasteiger partial charge in [0.25, 0.3) is 0 Å². The van der Waals surface area contributed by atoms with Crippen LogP contribution < -0.4 is 0 Å². The molecule has 1 aliphatic rings. The molecule has 0 fully saturated rings. The Bertz CT molecular complexity index is 688. The van der Waals surface area contributed by atoms with E-state index in [2.05, 4.69) is 15.5 Å². The molecule has 1 atom stereocenters. The topological polar surface area (TPSA) is 63.4 Å². The van der Waals surface area contributed by atoms with Crippen LogP contribution in [0.4, 0.5) is 0 Å². The summed E-state index contributed by atoms with van der Waals surface area (Å²) in [4.78, 5) is 17.2. The molecule has 1 unspecified atom stereocenters. The van der Waals surface area contributed by atoms with Crippen LogP contribution in [-0.2, 0) is 9.63 Å². The van der Waals surface area contributed by atoms with Crippen LogP contribution in [0.5, 0.6) is 0 Å². The summed E-state index contributed by atoms with van der Waals surface area (Å²) in [5.41, 5.74) is 0. The van der Waals surface area contributed by atoms with E-state index in [9.17, 15) is 4.79 Å². The number of carbonyl (C=O) groups is 1. The molecule has 7 heteroatoms. The van der Waals surface area contributed by atoms with Gasteiger partial charge in [-0.2, -0.15) is 0 Å². The van der Waals surface area contributed by atoms with Crippen LogP contribution in [0.3, 0.4) is 0 Å². The van der Waals surface area contributed by atoms with Gasteiger partial charge in [-0.25, -0.2) is 9.63 Å². The van der Waals surface area contributed by atoms with E-state index >= 15 is 0 Å². The van der Waals surface area contributed by atoms with Gasteiger partial charge in [-0.15, -0.1) is 11.3 Å². The molecule has 0 radical (unpaired) electrons. The molecule has 96 valence electrons. The van der Waals surface area contributed by atoms with Crippen molar-refractivity contribution >= 4 is 33.2 Å². The molecule has 19 heavy (non-hydrogen) atoms. The predicted octanol–water partition coefficient (Wildman–Crippen LogP) is 2.87. The Kier molecular flexibility index (Phi) is 2.65. The SMILES string of the molecule is CC(=O)O[N+]1(C)N=NN=C1c1cc2ccccc2s1. The van der Waals surface area contributed by atoms with E-state index in [1.165, 1.54) is 6.92 Å². The lowest BCUT2D eigenvalue weighted by Gasteiger charge is -2.17. The molecule has 0 spiro atoms. The second-order valence-electron chi connectivity index (χ2n) is 4.21. The number of nitrogens with zero attached hydrogens (tertiary/aromatic N) is 4. The first-order chi connectivity index (χ1) is 9.08. The number of rotatable bonds is 2. The fraction of sp³-hybridized carbons (Fsp3) is 0.167. The summed E-state index contributed by atoms with van der Waals surface area (Å²) in [5.74, 6) is 0.0774. The van der Waals surface area contributed by atoms with Crippen LogP contribution in [0.25, 0.3) is 10.1 Å². The van der Waals surface area contributed by atoms with Crippen molar-refractivity contribution in [3.63, 3.8) is 0 Å². The monoisotopic (exact) mass is 275 g/mol. The minimum Gasteiger partial charge on any atom is -0.246 e. The Morgan fingerprint density at radius 2 is 2.16 bits per heavy atom. The van der Waals surface area contributed by atoms with Gasteiger partial charge >= 0.3 is 11.8 Å². The first-order valence-electron chi connectivity index (χ1n) is 5.65. The molecule has 0 amide bonds. The third-order valence-corrected chi connectivity index (χ3v) is 3.81. The standard InChI is InChI=1S/C12H11N4O2S/c1-8(17)18-16(2)12(13-14-15-16)11-7-9-5-3-4-6-10(9)19-11/h3-7H,1-2H3/q+1. The quantitative estimate of drug-likeness (QED) is 0.791. The third kappa shape index (κ3) is 2.02. The summed E-state index contributed by atoms with van der Waals surface area (Å²) in [6.45, 7) is 1.33. The van der Waals surface area contributed by atoms with E-state index in [1.807, 2.05) is 30.3 Å². The highest BCUT2D eigenvalue weighted by atomic mass is 32.1. The lowest BCUT2D eigenvalue weighted by Crippen LogP contribution is -2.43. The van der Waals surface area contributed by atoms with Crippen LogP contribution in [-0.4, -0.2) is 23.6 Å². The summed E-state index contributed by atoms with van der Waals surface area (Å²) in [7, 11) is 1.63. The molecule has 1 aromatic heterocycles.